The lowest BCUT2D eigenvalue weighted by molar-refractivity contribution is 0.191. The molecular formula is C10H15ClN2O3S. The van der Waals surface area contributed by atoms with Crippen LogP contribution in [0.5, 0.6) is 0 Å². The topological polar surface area (TPSA) is 79.3 Å². The maximum Gasteiger partial charge on any atom is 0.241 e. The number of hydrogen-bond donors (Lipinski definition) is 2. The molecule has 0 spiro atoms. The molecule has 1 rings (SSSR count). The van der Waals surface area contributed by atoms with Gasteiger partial charge in [0.2, 0.25) is 10.0 Å². The van der Waals surface area contributed by atoms with Crippen LogP contribution in [0.4, 0.5) is 0 Å². The molecule has 0 aromatic carbocycles. The summed E-state index contributed by atoms with van der Waals surface area (Å²) in [6.07, 6.45) is 1.79. The Hall–Kier alpha value is -0.690. The normalized spacial score (nSPS) is 15.5. The number of nitrogens with zero attached hydrogens (tertiary/aromatic N) is 1. The van der Waals surface area contributed by atoms with Crippen LogP contribution in [-0.2, 0) is 10.0 Å². The van der Waals surface area contributed by atoms with Gasteiger partial charge in [-0.2, -0.15) is 0 Å². The van der Waals surface area contributed by atoms with Crippen molar-refractivity contribution >= 4 is 21.6 Å². The zero-order valence-corrected chi connectivity index (χ0v) is 11.2. The van der Waals surface area contributed by atoms with E-state index in [-0.39, 0.29) is 16.7 Å². The van der Waals surface area contributed by atoms with E-state index in [1.165, 1.54) is 18.3 Å². The van der Waals surface area contributed by atoms with E-state index in [1.807, 2.05) is 0 Å². The molecule has 1 aromatic heterocycles. The van der Waals surface area contributed by atoms with Gasteiger partial charge in [0.25, 0.3) is 0 Å². The second kappa shape index (κ2) is 5.30. The van der Waals surface area contributed by atoms with Crippen LogP contribution in [0.15, 0.2) is 23.2 Å². The highest BCUT2D eigenvalue weighted by Crippen LogP contribution is 2.17. The number of pyridine rings is 1. The van der Waals surface area contributed by atoms with Gasteiger partial charge in [0.05, 0.1) is 17.0 Å². The molecule has 7 heteroatoms. The molecule has 1 aromatic rings. The molecule has 96 valence electrons. The summed E-state index contributed by atoms with van der Waals surface area (Å²) in [5.74, 6) is 0. The first kappa shape index (κ1) is 14.4. The molecule has 17 heavy (non-hydrogen) atoms. The van der Waals surface area contributed by atoms with Crippen molar-refractivity contribution < 1.29 is 13.5 Å². The summed E-state index contributed by atoms with van der Waals surface area (Å²) >= 11 is 5.64. The number of rotatable bonds is 5. The lowest BCUT2D eigenvalue weighted by Gasteiger charge is -2.26. The number of hydrogen-bond acceptors (Lipinski definition) is 4. The van der Waals surface area contributed by atoms with Gasteiger partial charge in [0.1, 0.15) is 5.15 Å². The Labute approximate surface area is 106 Å². The first-order valence-electron chi connectivity index (χ1n) is 5.09. The summed E-state index contributed by atoms with van der Waals surface area (Å²) in [4.78, 5) is 3.75. The smallest absolute Gasteiger partial charge is 0.241 e. The van der Waals surface area contributed by atoms with Crippen molar-refractivity contribution in [3.05, 3.63) is 23.5 Å². The van der Waals surface area contributed by atoms with Gasteiger partial charge >= 0.3 is 0 Å². The van der Waals surface area contributed by atoms with E-state index in [4.69, 9.17) is 11.6 Å². The number of aromatic nitrogens is 1. The third-order valence-corrected chi connectivity index (χ3v) is 4.36. The van der Waals surface area contributed by atoms with Gasteiger partial charge in [-0.25, -0.2) is 18.1 Å². The summed E-state index contributed by atoms with van der Waals surface area (Å²) in [5.41, 5.74) is -0.880. The highest BCUT2D eigenvalue weighted by Gasteiger charge is 2.28. The zero-order valence-electron chi connectivity index (χ0n) is 9.64. The molecule has 0 saturated heterocycles. The first-order chi connectivity index (χ1) is 7.83. The summed E-state index contributed by atoms with van der Waals surface area (Å²) in [6.45, 7) is 3.15. The van der Waals surface area contributed by atoms with Crippen LogP contribution in [0.3, 0.4) is 0 Å². The Bertz CT molecular complexity index is 486. The summed E-state index contributed by atoms with van der Waals surface area (Å²) in [5, 5.41) is 9.29. The van der Waals surface area contributed by atoms with Crippen molar-refractivity contribution in [1.82, 2.24) is 9.71 Å². The average molecular weight is 279 g/mol. The van der Waals surface area contributed by atoms with E-state index in [1.54, 1.807) is 13.8 Å². The fourth-order valence-corrected chi connectivity index (χ4v) is 2.87. The number of halogens is 1. The molecule has 5 nitrogen and oxygen atoms in total. The molecule has 2 N–H and O–H groups in total. The Balaban J connectivity index is 3.05. The Morgan fingerprint density at radius 2 is 2.24 bits per heavy atom. The monoisotopic (exact) mass is 278 g/mol. The predicted molar refractivity (Wildman–Crippen MR) is 65.4 cm³/mol. The number of aliphatic hydroxyl groups excluding tert-OH is 1. The third-order valence-electron chi connectivity index (χ3n) is 2.52. The average Bonchev–Trinajstić information content (AvgIpc) is 2.28. The highest BCUT2D eigenvalue weighted by molar-refractivity contribution is 7.89. The SMILES string of the molecule is CCC(C)(CO)NS(=O)(=O)c1ccnc(Cl)c1. The van der Waals surface area contributed by atoms with Crippen molar-refractivity contribution in [1.29, 1.82) is 0 Å². The molecule has 1 unspecified atom stereocenters. The Morgan fingerprint density at radius 1 is 1.59 bits per heavy atom. The van der Waals surface area contributed by atoms with Crippen molar-refractivity contribution in [3.63, 3.8) is 0 Å². The number of nitrogens with one attached hydrogen (secondary N) is 1. The zero-order chi connectivity index (χ0) is 13.1. The van der Waals surface area contributed by atoms with E-state index in [9.17, 15) is 13.5 Å². The second-order valence-corrected chi connectivity index (χ2v) is 6.06. The van der Waals surface area contributed by atoms with Gasteiger partial charge in [-0.1, -0.05) is 18.5 Å². The minimum atomic E-state index is -3.70. The molecule has 1 heterocycles. The largest absolute Gasteiger partial charge is 0.394 e. The Kier molecular flexibility index (Phi) is 4.48. The molecule has 0 aliphatic heterocycles. The van der Waals surface area contributed by atoms with Gasteiger partial charge < -0.3 is 5.11 Å². The van der Waals surface area contributed by atoms with Crippen LogP contribution >= 0.6 is 11.6 Å². The van der Waals surface area contributed by atoms with E-state index < -0.39 is 15.6 Å². The van der Waals surface area contributed by atoms with Gasteiger partial charge in [0.15, 0.2) is 0 Å². The molecule has 0 aliphatic carbocycles. The van der Waals surface area contributed by atoms with E-state index >= 15 is 0 Å². The van der Waals surface area contributed by atoms with Crippen molar-refractivity contribution in [2.24, 2.45) is 0 Å². The lowest BCUT2D eigenvalue weighted by atomic mass is 10.0. The van der Waals surface area contributed by atoms with Crippen LogP contribution in [0, 0.1) is 0 Å². The van der Waals surface area contributed by atoms with Crippen LogP contribution < -0.4 is 4.72 Å². The van der Waals surface area contributed by atoms with Crippen molar-refractivity contribution in [3.8, 4) is 0 Å². The van der Waals surface area contributed by atoms with Crippen LogP contribution in [-0.4, -0.2) is 30.7 Å². The quantitative estimate of drug-likeness (QED) is 0.793. The molecule has 0 amide bonds. The van der Waals surface area contributed by atoms with Crippen LogP contribution in [0.25, 0.3) is 0 Å². The predicted octanol–water partition coefficient (Wildman–Crippen LogP) is 1.17. The standard InChI is InChI=1S/C10H15ClN2O3S/c1-3-10(2,7-14)13-17(15,16)8-4-5-12-9(11)6-8/h4-6,13-14H,3,7H2,1-2H3. The molecular weight excluding hydrogens is 264 g/mol. The minimum Gasteiger partial charge on any atom is -0.394 e. The van der Waals surface area contributed by atoms with Crippen LogP contribution in [0.1, 0.15) is 20.3 Å². The molecule has 0 aliphatic rings. The fourth-order valence-electron chi connectivity index (χ4n) is 1.15. The Morgan fingerprint density at radius 3 is 2.71 bits per heavy atom. The molecule has 0 bridgehead atoms. The number of sulfonamides is 1. The lowest BCUT2D eigenvalue weighted by Crippen LogP contribution is -2.48. The van der Waals surface area contributed by atoms with Crippen LogP contribution in [0.2, 0.25) is 5.15 Å². The van der Waals surface area contributed by atoms with Gasteiger partial charge in [-0.15, -0.1) is 0 Å². The van der Waals surface area contributed by atoms with Gasteiger partial charge in [-0.3, -0.25) is 0 Å². The highest BCUT2D eigenvalue weighted by atomic mass is 35.5. The first-order valence-corrected chi connectivity index (χ1v) is 6.95. The third kappa shape index (κ3) is 3.64. The molecule has 0 radical (unpaired) electrons. The second-order valence-electron chi connectivity index (χ2n) is 3.99. The minimum absolute atomic E-state index is 0.0330. The maximum absolute atomic E-state index is 12.0. The fraction of sp³-hybridized carbons (Fsp3) is 0.500. The van der Waals surface area contributed by atoms with Gasteiger partial charge in [-0.05, 0) is 25.5 Å². The van der Waals surface area contributed by atoms with Gasteiger partial charge in [0, 0.05) is 6.20 Å². The van der Waals surface area contributed by atoms with E-state index in [0.29, 0.717) is 6.42 Å². The number of aliphatic hydroxyl groups is 1. The maximum atomic E-state index is 12.0. The van der Waals surface area contributed by atoms with Crippen molar-refractivity contribution in [2.75, 3.05) is 6.61 Å². The van der Waals surface area contributed by atoms with E-state index in [2.05, 4.69) is 9.71 Å². The summed E-state index contributed by atoms with van der Waals surface area (Å²) in [6, 6.07) is 2.61. The molecule has 0 fully saturated rings. The van der Waals surface area contributed by atoms with Crippen molar-refractivity contribution in [2.45, 2.75) is 30.7 Å². The molecule has 0 saturated carbocycles. The molecule has 1 atom stereocenters. The summed E-state index contributed by atoms with van der Waals surface area (Å²) in [7, 11) is -3.70. The summed E-state index contributed by atoms with van der Waals surface area (Å²) < 4.78 is 26.5. The van der Waals surface area contributed by atoms with E-state index in [0.717, 1.165) is 0 Å².